The second-order valence-electron chi connectivity index (χ2n) is 8.09. The van der Waals surface area contributed by atoms with E-state index in [1.54, 1.807) is 18.2 Å². The molecule has 0 aromatic heterocycles. The summed E-state index contributed by atoms with van der Waals surface area (Å²) >= 11 is 0. The number of rotatable bonds is 6. The number of hydrogen-bond acceptors (Lipinski definition) is 6. The van der Waals surface area contributed by atoms with Crippen molar-refractivity contribution in [1.29, 1.82) is 0 Å². The lowest BCUT2D eigenvalue weighted by atomic mass is 9.79. The highest BCUT2D eigenvalue weighted by Crippen LogP contribution is 2.36. The van der Waals surface area contributed by atoms with Crippen LogP contribution in [0.5, 0.6) is 0 Å². The van der Waals surface area contributed by atoms with E-state index in [0.717, 1.165) is 18.6 Å². The summed E-state index contributed by atoms with van der Waals surface area (Å²) in [6, 6.07) is 7.20. The van der Waals surface area contributed by atoms with E-state index in [1.807, 2.05) is 33.8 Å². The molecule has 0 saturated carbocycles. The summed E-state index contributed by atoms with van der Waals surface area (Å²) in [7, 11) is -3.95. The zero-order chi connectivity index (χ0) is 19.7. The van der Waals surface area contributed by atoms with Gasteiger partial charge in [-0.25, -0.2) is 8.42 Å². The van der Waals surface area contributed by atoms with Gasteiger partial charge in [-0.05, 0) is 45.3 Å². The van der Waals surface area contributed by atoms with Crippen LogP contribution in [-0.4, -0.2) is 70.2 Å². The van der Waals surface area contributed by atoms with E-state index in [4.69, 9.17) is 14.0 Å². The molecule has 2 heterocycles. The zero-order valence-corrected chi connectivity index (χ0v) is 17.3. The van der Waals surface area contributed by atoms with Crippen LogP contribution in [0, 0.1) is 0 Å². The van der Waals surface area contributed by atoms with Crippen LogP contribution in [0.4, 0.5) is 5.69 Å². The topological polar surface area (TPSA) is 77.1 Å². The largest absolute Gasteiger partial charge is 0.494 e. The fourth-order valence-corrected chi connectivity index (χ4v) is 4.12. The molecule has 1 aromatic rings. The van der Waals surface area contributed by atoms with Gasteiger partial charge in [0.1, 0.15) is 0 Å². The summed E-state index contributed by atoms with van der Waals surface area (Å²) < 4.78 is 44.9. The van der Waals surface area contributed by atoms with Crippen molar-refractivity contribution < 1.29 is 22.5 Å². The molecule has 0 radical (unpaired) electrons. The Labute approximate surface area is 162 Å². The van der Waals surface area contributed by atoms with Crippen molar-refractivity contribution >= 4 is 28.3 Å². The average molecular weight is 396 g/mol. The summed E-state index contributed by atoms with van der Waals surface area (Å²) in [5.41, 5.74) is 0.433. The van der Waals surface area contributed by atoms with Crippen molar-refractivity contribution in [3.63, 3.8) is 0 Å². The van der Waals surface area contributed by atoms with Gasteiger partial charge in [0.25, 0.3) is 0 Å². The molecule has 0 amide bonds. The zero-order valence-electron chi connectivity index (χ0n) is 16.5. The molecule has 1 N–H and O–H groups in total. The van der Waals surface area contributed by atoms with Crippen LogP contribution >= 0.6 is 0 Å². The molecule has 0 unspecified atom stereocenters. The fourth-order valence-electron chi connectivity index (χ4n) is 3.03. The molecule has 27 heavy (non-hydrogen) atoms. The number of hydrogen-bond donors (Lipinski definition) is 1. The van der Waals surface area contributed by atoms with Gasteiger partial charge in [0.2, 0.25) is 10.0 Å². The normalized spacial score (nSPS) is 22.7. The van der Waals surface area contributed by atoms with Gasteiger partial charge >= 0.3 is 7.12 Å². The second kappa shape index (κ2) is 7.71. The summed E-state index contributed by atoms with van der Waals surface area (Å²) in [5.74, 6) is 0.0493. The lowest BCUT2D eigenvalue weighted by Crippen LogP contribution is -2.41. The molecule has 0 spiro atoms. The number of nitrogens with one attached hydrogen (secondary N) is 1. The molecule has 0 atom stereocenters. The lowest BCUT2D eigenvalue weighted by molar-refractivity contribution is 0.00578. The number of anilines is 1. The van der Waals surface area contributed by atoms with E-state index in [0.29, 0.717) is 25.4 Å². The molecule has 150 valence electrons. The van der Waals surface area contributed by atoms with E-state index in [-0.39, 0.29) is 5.75 Å². The predicted molar refractivity (Wildman–Crippen MR) is 107 cm³/mol. The first-order valence-electron chi connectivity index (χ1n) is 9.34. The Balaban J connectivity index is 1.63. The number of nitrogens with zero attached hydrogens (tertiary/aromatic N) is 1. The summed E-state index contributed by atoms with van der Waals surface area (Å²) in [5, 5.41) is 0. The number of morpholine rings is 1. The minimum absolute atomic E-state index is 0.0493. The maximum atomic E-state index is 12.4. The van der Waals surface area contributed by atoms with Crippen molar-refractivity contribution in [2.24, 2.45) is 0 Å². The third-order valence-electron chi connectivity index (χ3n) is 5.47. The molecule has 2 aliphatic rings. The Kier molecular flexibility index (Phi) is 5.89. The van der Waals surface area contributed by atoms with Gasteiger partial charge in [-0.3, -0.25) is 9.62 Å². The highest BCUT2D eigenvalue weighted by Gasteiger charge is 2.51. The molecule has 3 rings (SSSR count). The Bertz CT molecular complexity index is 747. The minimum atomic E-state index is -3.43. The predicted octanol–water partition coefficient (Wildman–Crippen LogP) is 1.06. The van der Waals surface area contributed by atoms with Gasteiger partial charge in [-0.15, -0.1) is 0 Å². The Morgan fingerprint density at radius 3 is 2.37 bits per heavy atom. The molecule has 2 fully saturated rings. The van der Waals surface area contributed by atoms with E-state index in [1.165, 1.54) is 0 Å². The molecule has 0 aliphatic carbocycles. The third kappa shape index (κ3) is 5.03. The van der Waals surface area contributed by atoms with Gasteiger partial charge in [-0.2, -0.15) is 0 Å². The van der Waals surface area contributed by atoms with E-state index >= 15 is 0 Å². The van der Waals surface area contributed by atoms with Gasteiger partial charge in [0.15, 0.2) is 0 Å². The van der Waals surface area contributed by atoms with Crippen molar-refractivity contribution in [1.82, 2.24) is 4.90 Å². The Hall–Kier alpha value is -1.13. The number of benzene rings is 1. The Morgan fingerprint density at radius 2 is 1.74 bits per heavy atom. The monoisotopic (exact) mass is 396 g/mol. The Morgan fingerprint density at radius 1 is 1.11 bits per heavy atom. The van der Waals surface area contributed by atoms with Crippen LogP contribution in [0.15, 0.2) is 24.3 Å². The van der Waals surface area contributed by atoms with Crippen LogP contribution in [0.25, 0.3) is 0 Å². The van der Waals surface area contributed by atoms with E-state index in [2.05, 4.69) is 9.62 Å². The molecule has 7 nitrogen and oxygen atoms in total. The van der Waals surface area contributed by atoms with Gasteiger partial charge < -0.3 is 14.0 Å². The smallest absolute Gasteiger partial charge is 0.399 e. The molecular formula is C18H29BN2O5S. The first kappa shape index (κ1) is 20.6. The van der Waals surface area contributed by atoms with Crippen molar-refractivity contribution in [3.8, 4) is 0 Å². The molecule has 9 heteroatoms. The molecule has 0 bridgehead atoms. The van der Waals surface area contributed by atoms with E-state index < -0.39 is 28.3 Å². The molecular weight excluding hydrogens is 367 g/mol. The van der Waals surface area contributed by atoms with Crippen molar-refractivity contribution in [2.45, 2.75) is 38.9 Å². The highest BCUT2D eigenvalue weighted by molar-refractivity contribution is 7.92. The van der Waals surface area contributed by atoms with Crippen LogP contribution in [0.2, 0.25) is 0 Å². The molecule has 1 aromatic carbocycles. The highest BCUT2D eigenvalue weighted by atomic mass is 32.2. The second-order valence-corrected chi connectivity index (χ2v) is 9.93. The van der Waals surface area contributed by atoms with Crippen molar-refractivity contribution in [3.05, 3.63) is 24.3 Å². The lowest BCUT2D eigenvalue weighted by Gasteiger charge is -2.32. The van der Waals surface area contributed by atoms with Crippen LogP contribution in [-0.2, 0) is 24.1 Å². The maximum absolute atomic E-state index is 12.4. The molecule has 2 saturated heterocycles. The van der Waals surface area contributed by atoms with Crippen LogP contribution in [0.1, 0.15) is 27.7 Å². The quantitative estimate of drug-likeness (QED) is 0.725. The SMILES string of the molecule is CC1(C)OB(c2cccc(NS(=O)(=O)CCN3CCOCC3)c2)OC1(C)C. The first-order valence-corrected chi connectivity index (χ1v) is 11.0. The standard InChI is InChI=1S/C18H29BN2O5S/c1-17(2)18(3,4)26-19(25-17)15-6-5-7-16(14-15)20-27(22,23)13-10-21-8-11-24-12-9-21/h5-7,14,20H,8-13H2,1-4H3. The fraction of sp³-hybridized carbons (Fsp3) is 0.667. The number of ether oxygens (including phenoxy) is 1. The maximum Gasteiger partial charge on any atom is 0.494 e. The third-order valence-corrected chi connectivity index (χ3v) is 6.73. The summed E-state index contributed by atoms with van der Waals surface area (Å²) in [6.45, 7) is 11.3. The number of sulfonamides is 1. The van der Waals surface area contributed by atoms with E-state index in [9.17, 15) is 8.42 Å². The van der Waals surface area contributed by atoms with Gasteiger partial charge in [-0.1, -0.05) is 12.1 Å². The summed E-state index contributed by atoms with van der Waals surface area (Å²) in [6.07, 6.45) is 0. The van der Waals surface area contributed by atoms with Crippen LogP contribution in [0.3, 0.4) is 0 Å². The average Bonchev–Trinajstić information content (AvgIpc) is 2.82. The molecule has 2 aliphatic heterocycles. The summed E-state index contributed by atoms with van der Waals surface area (Å²) in [4.78, 5) is 2.10. The van der Waals surface area contributed by atoms with Crippen LogP contribution < -0.4 is 10.2 Å². The van der Waals surface area contributed by atoms with Gasteiger partial charge in [0.05, 0.1) is 30.2 Å². The van der Waals surface area contributed by atoms with Gasteiger partial charge in [0, 0.05) is 25.3 Å². The first-order chi connectivity index (χ1) is 12.6. The van der Waals surface area contributed by atoms with Crippen molar-refractivity contribution in [2.75, 3.05) is 43.3 Å². The minimum Gasteiger partial charge on any atom is -0.399 e.